The minimum atomic E-state index is -0.837. The zero-order valence-electron chi connectivity index (χ0n) is 18.4. The van der Waals surface area contributed by atoms with Gasteiger partial charge in [-0.1, -0.05) is 24.3 Å². The molecule has 2 aromatic rings. The third-order valence-electron chi connectivity index (χ3n) is 5.93. The number of hydrogen-bond donors (Lipinski definition) is 2. The minimum absolute atomic E-state index is 0.00565. The Kier molecular flexibility index (Phi) is 6.70. The van der Waals surface area contributed by atoms with Gasteiger partial charge in [0.15, 0.2) is 0 Å². The smallest absolute Gasteiger partial charge is 0.407 e. The highest BCUT2D eigenvalue weighted by atomic mass is 16.5. The summed E-state index contributed by atoms with van der Waals surface area (Å²) in [5, 5.41) is 12.5. The Balaban J connectivity index is 1.28. The summed E-state index contributed by atoms with van der Waals surface area (Å²) in [5.74, 6) is 1.62. The predicted octanol–water partition coefficient (Wildman–Crippen LogP) is 3.52. The van der Waals surface area contributed by atoms with Gasteiger partial charge in [0.25, 0.3) is 0 Å². The van der Waals surface area contributed by atoms with E-state index in [1.54, 1.807) is 7.11 Å². The first-order valence-corrected chi connectivity index (χ1v) is 10.8. The van der Waals surface area contributed by atoms with Crippen LogP contribution in [0.4, 0.5) is 10.5 Å². The average Bonchev–Trinajstić information content (AvgIpc) is 2.81. The second-order valence-corrected chi connectivity index (χ2v) is 8.20. The van der Waals surface area contributed by atoms with Crippen LogP contribution in [0.1, 0.15) is 24.0 Å². The minimum Gasteiger partial charge on any atom is -0.497 e. The van der Waals surface area contributed by atoms with Crippen molar-refractivity contribution in [3.05, 3.63) is 59.7 Å². The van der Waals surface area contributed by atoms with Gasteiger partial charge in [-0.05, 0) is 42.3 Å². The molecule has 0 aliphatic carbocycles. The zero-order valence-corrected chi connectivity index (χ0v) is 18.4. The molecule has 0 aromatic heterocycles. The van der Waals surface area contributed by atoms with Crippen molar-refractivity contribution in [3.8, 4) is 5.75 Å². The standard InChI is InChI=1S/C24H29N5O3/c1-17-15-28(11-12-29(17)24(30)31)16-18-3-7-21(8-4-18)27-23-25-13-20(14-26-23)19-5-9-22(32-2)10-6-19/h3-10,13,17,20H,11-12,14-16H2,1-2H3,(H,26,27)(H,30,31). The van der Waals surface area contributed by atoms with E-state index in [-0.39, 0.29) is 12.0 Å². The van der Waals surface area contributed by atoms with Crippen molar-refractivity contribution in [1.29, 1.82) is 0 Å². The lowest BCUT2D eigenvalue weighted by atomic mass is 10.00. The summed E-state index contributed by atoms with van der Waals surface area (Å²) in [6.07, 6.45) is 1.10. The molecule has 2 aromatic carbocycles. The third kappa shape index (κ3) is 5.26. The second-order valence-electron chi connectivity index (χ2n) is 8.20. The maximum Gasteiger partial charge on any atom is 0.407 e. The number of ether oxygens (including phenoxy) is 1. The summed E-state index contributed by atoms with van der Waals surface area (Å²) in [5.41, 5.74) is 3.30. The Labute approximate surface area is 188 Å². The number of methoxy groups -OCH3 is 1. The molecule has 0 bridgehead atoms. The highest BCUT2D eigenvalue weighted by molar-refractivity contribution is 6.00. The summed E-state index contributed by atoms with van der Waals surface area (Å²) < 4.78 is 5.21. The van der Waals surface area contributed by atoms with E-state index in [4.69, 9.17) is 4.74 Å². The molecule has 1 amide bonds. The van der Waals surface area contributed by atoms with E-state index in [1.165, 1.54) is 16.0 Å². The molecule has 8 heteroatoms. The first-order valence-electron chi connectivity index (χ1n) is 10.8. The number of guanidine groups is 1. The molecular formula is C24H29N5O3. The van der Waals surface area contributed by atoms with Crippen molar-refractivity contribution < 1.29 is 14.6 Å². The number of benzene rings is 2. The van der Waals surface area contributed by atoms with Crippen molar-refractivity contribution in [1.82, 2.24) is 9.80 Å². The van der Waals surface area contributed by atoms with Gasteiger partial charge < -0.3 is 20.1 Å². The number of aliphatic imine (C=N–C) groups is 2. The van der Waals surface area contributed by atoms with Crippen LogP contribution >= 0.6 is 0 Å². The van der Waals surface area contributed by atoms with E-state index in [0.717, 1.165) is 31.1 Å². The summed E-state index contributed by atoms with van der Waals surface area (Å²) in [6, 6.07) is 16.2. The van der Waals surface area contributed by atoms with E-state index < -0.39 is 6.09 Å². The quantitative estimate of drug-likeness (QED) is 0.750. The van der Waals surface area contributed by atoms with Crippen molar-refractivity contribution >= 4 is 24.0 Å². The molecular weight excluding hydrogens is 406 g/mol. The van der Waals surface area contributed by atoms with Gasteiger partial charge in [-0.3, -0.25) is 9.89 Å². The van der Waals surface area contributed by atoms with E-state index >= 15 is 0 Å². The number of anilines is 1. The molecule has 2 heterocycles. The molecule has 8 nitrogen and oxygen atoms in total. The number of amides is 1. The molecule has 2 aliphatic rings. The van der Waals surface area contributed by atoms with Crippen LogP contribution in [0.3, 0.4) is 0 Å². The normalized spacial score (nSPS) is 21.2. The van der Waals surface area contributed by atoms with Gasteiger partial charge in [0.05, 0.1) is 13.7 Å². The van der Waals surface area contributed by atoms with Gasteiger partial charge in [-0.15, -0.1) is 0 Å². The van der Waals surface area contributed by atoms with Crippen LogP contribution in [0.15, 0.2) is 58.5 Å². The molecule has 2 N–H and O–H groups in total. The molecule has 2 unspecified atom stereocenters. The highest BCUT2D eigenvalue weighted by Gasteiger charge is 2.26. The number of carbonyl (C=O) groups is 1. The van der Waals surface area contributed by atoms with Crippen molar-refractivity contribution in [2.75, 3.05) is 38.6 Å². The molecule has 0 saturated carbocycles. The summed E-state index contributed by atoms with van der Waals surface area (Å²) in [4.78, 5) is 24.1. The van der Waals surface area contributed by atoms with Gasteiger partial charge in [0, 0.05) is 50.0 Å². The lowest BCUT2D eigenvalue weighted by molar-refractivity contribution is 0.0711. The summed E-state index contributed by atoms with van der Waals surface area (Å²) in [6.45, 7) is 5.45. The predicted molar refractivity (Wildman–Crippen MR) is 126 cm³/mol. The van der Waals surface area contributed by atoms with E-state index in [2.05, 4.69) is 32.3 Å². The number of nitrogens with zero attached hydrogens (tertiary/aromatic N) is 4. The number of piperazine rings is 1. The summed E-state index contributed by atoms with van der Waals surface area (Å²) >= 11 is 0. The van der Waals surface area contributed by atoms with Gasteiger partial charge in [0.1, 0.15) is 5.75 Å². The van der Waals surface area contributed by atoms with Crippen molar-refractivity contribution in [2.45, 2.75) is 25.4 Å². The van der Waals surface area contributed by atoms with E-state index in [9.17, 15) is 9.90 Å². The van der Waals surface area contributed by atoms with Crippen LogP contribution in [0.25, 0.3) is 0 Å². The molecule has 1 fully saturated rings. The SMILES string of the molecule is COc1ccc(C2C=NC(Nc3ccc(CN4CCN(C(=O)O)C(C)C4)cc3)=NC2)cc1. The number of rotatable bonds is 5. The van der Waals surface area contributed by atoms with Crippen LogP contribution in [-0.2, 0) is 6.54 Å². The zero-order chi connectivity index (χ0) is 22.5. The topological polar surface area (TPSA) is 89.8 Å². The monoisotopic (exact) mass is 435 g/mol. The lowest BCUT2D eigenvalue weighted by Crippen LogP contribution is -2.53. The Morgan fingerprint density at radius 3 is 2.50 bits per heavy atom. The molecule has 168 valence electrons. The Morgan fingerprint density at radius 1 is 1.16 bits per heavy atom. The van der Waals surface area contributed by atoms with E-state index in [1.807, 2.05) is 49.5 Å². The summed E-state index contributed by atoms with van der Waals surface area (Å²) in [7, 11) is 1.66. The van der Waals surface area contributed by atoms with E-state index in [0.29, 0.717) is 19.0 Å². The molecule has 0 radical (unpaired) electrons. The van der Waals surface area contributed by atoms with Crippen molar-refractivity contribution in [2.24, 2.45) is 9.98 Å². The van der Waals surface area contributed by atoms with Gasteiger partial charge in [0.2, 0.25) is 5.96 Å². The van der Waals surface area contributed by atoms with Gasteiger partial charge in [-0.25, -0.2) is 9.79 Å². The van der Waals surface area contributed by atoms with Crippen molar-refractivity contribution in [3.63, 3.8) is 0 Å². The Bertz CT molecular complexity index is 988. The largest absolute Gasteiger partial charge is 0.497 e. The lowest BCUT2D eigenvalue weighted by Gasteiger charge is -2.38. The van der Waals surface area contributed by atoms with Crippen LogP contribution < -0.4 is 10.1 Å². The van der Waals surface area contributed by atoms with Crippen LogP contribution in [0, 0.1) is 0 Å². The number of carboxylic acid groups (broad SMARTS) is 1. The number of nitrogens with one attached hydrogen (secondary N) is 1. The van der Waals surface area contributed by atoms with Gasteiger partial charge in [-0.2, -0.15) is 0 Å². The average molecular weight is 436 g/mol. The fraction of sp³-hybridized carbons (Fsp3) is 0.375. The fourth-order valence-corrected chi connectivity index (χ4v) is 4.09. The van der Waals surface area contributed by atoms with Gasteiger partial charge >= 0.3 is 6.09 Å². The van der Waals surface area contributed by atoms with Crippen LogP contribution in [0.2, 0.25) is 0 Å². The van der Waals surface area contributed by atoms with Crippen LogP contribution in [0.5, 0.6) is 5.75 Å². The Hall–Kier alpha value is -3.39. The fourth-order valence-electron chi connectivity index (χ4n) is 4.09. The first kappa shape index (κ1) is 21.8. The van der Waals surface area contributed by atoms with Crippen LogP contribution in [-0.4, -0.2) is 72.5 Å². The third-order valence-corrected chi connectivity index (χ3v) is 5.93. The molecule has 4 rings (SSSR count). The maximum absolute atomic E-state index is 11.2. The molecule has 1 saturated heterocycles. The first-order chi connectivity index (χ1) is 15.5. The molecule has 32 heavy (non-hydrogen) atoms. The highest BCUT2D eigenvalue weighted by Crippen LogP contribution is 2.21. The molecule has 2 atom stereocenters. The Morgan fingerprint density at radius 2 is 1.91 bits per heavy atom. The number of hydrogen-bond acceptors (Lipinski definition) is 6. The molecule has 0 spiro atoms. The molecule has 2 aliphatic heterocycles. The maximum atomic E-state index is 11.2. The second kappa shape index (κ2) is 9.82.